The summed E-state index contributed by atoms with van der Waals surface area (Å²) in [6.45, 7) is 1.43. The van der Waals surface area contributed by atoms with E-state index in [1.54, 1.807) is 42.7 Å². The maximum absolute atomic E-state index is 12.1. The highest BCUT2D eigenvalue weighted by Crippen LogP contribution is 2.14. The number of benzene rings is 1. The van der Waals surface area contributed by atoms with Crippen molar-refractivity contribution >= 4 is 29.0 Å². The van der Waals surface area contributed by atoms with Gasteiger partial charge in [-0.3, -0.25) is 9.59 Å². The van der Waals surface area contributed by atoms with Crippen LogP contribution in [0.1, 0.15) is 17.5 Å². The molecule has 110 valence electrons. The predicted octanol–water partition coefficient (Wildman–Crippen LogP) is 1.33. The van der Waals surface area contributed by atoms with E-state index in [9.17, 15) is 9.59 Å². The summed E-state index contributed by atoms with van der Waals surface area (Å²) in [5, 5.41) is 9.37. The van der Waals surface area contributed by atoms with E-state index in [2.05, 4.69) is 25.7 Å². The van der Waals surface area contributed by atoms with E-state index in [1.165, 1.54) is 11.4 Å². The van der Waals surface area contributed by atoms with Crippen LogP contribution in [0.3, 0.4) is 0 Å². The van der Waals surface area contributed by atoms with Gasteiger partial charge >= 0.3 is 0 Å². The third kappa shape index (κ3) is 2.90. The molecule has 0 aliphatic rings. The molecule has 2 heterocycles. The lowest BCUT2D eigenvalue weighted by molar-refractivity contribution is -0.114. The molecule has 8 nitrogen and oxygen atoms in total. The van der Waals surface area contributed by atoms with E-state index < -0.39 is 5.91 Å². The lowest BCUT2D eigenvalue weighted by Gasteiger charge is -2.05. The first-order valence-corrected chi connectivity index (χ1v) is 6.48. The number of nitrogens with zero attached hydrogens (tertiary/aromatic N) is 4. The van der Waals surface area contributed by atoms with Crippen molar-refractivity contribution < 1.29 is 9.59 Å². The molecule has 0 atom stereocenters. The standard InChI is InChI=1S/C14H12N6O2/c1-9(21)16-10-3-5-11(6-4-10)17-13(22)12-18-14-15-7-2-8-20(14)19-12/h2-8H,1H3,(H,16,21)(H,17,22). The minimum absolute atomic E-state index is 0.0321. The summed E-state index contributed by atoms with van der Waals surface area (Å²) in [6.07, 6.45) is 3.24. The number of aromatic nitrogens is 4. The largest absolute Gasteiger partial charge is 0.326 e. The molecule has 8 heteroatoms. The molecule has 3 aromatic rings. The van der Waals surface area contributed by atoms with Gasteiger partial charge in [0.05, 0.1) is 0 Å². The fourth-order valence-corrected chi connectivity index (χ4v) is 1.86. The number of amides is 2. The molecular formula is C14H12N6O2. The third-order valence-electron chi connectivity index (χ3n) is 2.78. The van der Waals surface area contributed by atoms with Crippen LogP contribution in [0, 0.1) is 0 Å². The Morgan fingerprint density at radius 2 is 1.77 bits per heavy atom. The topological polar surface area (TPSA) is 101 Å². The summed E-state index contributed by atoms with van der Waals surface area (Å²) in [5.41, 5.74) is 1.23. The molecule has 0 fully saturated rings. The van der Waals surface area contributed by atoms with Gasteiger partial charge in [0.1, 0.15) is 0 Å². The van der Waals surface area contributed by atoms with Crippen LogP contribution >= 0.6 is 0 Å². The van der Waals surface area contributed by atoms with E-state index in [0.29, 0.717) is 17.2 Å². The Balaban J connectivity index is 1.74. The zero-order valence-corrected chi connectivity index (χ0v) is 11.6. The van der Waals surface area contributed by atoms with Gasteiger partial charge in [0, 0.05) is 30.7 Å². The summed E-state index contributed by atoms with van der Waals surface area (Å²) < 4.78 is 1.43. The molecule has 2 aromatic heterocycles. The van der Waals surface area contributed by atoms with Crippen LogP contribution in [-0.4, -0.2) is 31.4 Å². The highest BCUT2D eigenvalue weighted by atomic mass is 16.2. The molecule has 0 saturated carbocycles. The number of rotatable bonds is 3. The zero-order chi connectivity index (χ0) is 15.5. The van der Waals surface area contributed by atoms with Crippen LogP contribution in [0.15, 0.2) is 42.7 Å². The Morgan fingerprint density at radius 3 is 2.41 bits per heavy atom. The first kappa shape index (κ1) is 13.7. The van der Waals surface area contributed by atoms with Crippen molar-refractivity contribution in [3.05, 3.63) is 48.5 Å². The number of fused-ring (bicyclic) bond motifs is 1. The van der Waals surface area contributed by atoms with Crippen molar-refractivity contribution in [1.29, 1.82) is 0 Å². The molecule has 0 aliphatic carbocycles. The van der Waals surface area contributed by atoms with E-state index in [4.69, 9.17) is 0 Å². The minimum Gasteiger partial charge on any atom is -0.326 e. The van der Waals surface area contributed by atoms with Crippen LogP contribution < -0.4 is 10.6 Å². The van der Waals surface area contributed by atoms with Gasteiger partial charge in [0.25, 0.3) is 11.7 Å². The molecule has 0 aliphatic heterocycles. The van der Waals surface area contributed by atoms with E-state index in [-0.39, 0.29) is 11.7 Å². The lowest BCUT2D eigenvalue weighted by atomic mass is 10.2. The highest BCUT2D eigenvalue weighted by Gasteiger charge is 2.13. The first-order chi connectivity index (χ1) is 10.6. The Morgan fingerprint density at radius 1 is 1.09 bits per heavy atom. The fourth-order valence-electron chi connectivity index (χ4n) is 1.86. The second kappa shape index (κ2) is 5.60. The third-order valence-corrected chi connectivity index (χ3v) is 2.78. The predicted molar refractivity (Wildman–Crippen MR) is 79.5 cm³/mol. The van der Waals surface area contributed by atoms with Gasteiger partial charge in [-0.05, 0) is 30.3 Å². The van der Waals surface area contributed by atoms with Crippen molar-refractivity contribution in [3.8, 4) is 0 Å². The number of anilines is 2. The molecule has 22 heavy (non-hydrogen) atoms. The smallest absolute Gasteiger partial charge is 0.295 e. The molecule has 0 spiro atoms. The number of carbonyl (C=O) groups excluding carboxylic acids is 2. The summed E-state index contributed by atoms with van der Waals surface area (Å²) >= 11 is 0. The summed E-state index contributed by atoms with van der Waals surface area (Å²) in [7, 11) is 0. The second-order valence-electron chi connectivity index (χ2n) is 4.51. The molecule has 1 aromatic carbocycles. The van der Waals surface area contributed by atoms with Gasteiger partial charge in [-0.25, -0.2) is 9.50 Å². The number of hydrogen-bond acceptors (Lipinski definition) is 5. The van der Waals surface area contributed by atoms with Crippen LogP contribution in [-0.2, 0) is 4.79 Å². The SMILES string of the molecule is CC(=O)Nc1ccc(NC(=O)c2nc3ncccn3n2)cc1. The second-order valence-corrected chi connectivity index (χ2v) is 4.51. The monoisotopic (exact) mass is 296 g/mol. The molecule has 2 amide bonds. The first-order valence-electron chi connectivity index (χ1n) is 6.48. The average molecular weight is 296 g/mol. The van der Waals surface area contributed by atoms with Gasteiger partial charge in [-0.2, -0.15) is 4.98 Å². The molecule has 0 radical (unpaired) electrons. The van der Waals surface area contributed by atoms with Gasteiger partial charge in [0.2, 0.25) is 11.7 Å². The summed E-state index contributed by atoms with van der Waals surface area (Å²) in [6, 6.07) is 8.43. The number of carbonyl (C=O) groups is 2. The van der Waals surface area contributed by atoms with Gasteiger partial charge in [-0.1, -0.05) is 0 Å². The van der Waals surface area contributed by atoms with Gasteiger partial charge in [-0.15, -0.1) is 5.10 Å². The Kier molecular flexibility index (Phi) is 3.48. The lowest BCUT2D eigenvalue weighted by Crippen LogP contribution is -2.14. The van der Waals surface area contributed by atoms with Gasteiger partial charge in [0.15, 0.2) is 0 Å². The van der Waals surface area contributed by atoms with Crippen LogP contribution in [0.25, 0.3) is 5.78 Å². The highest BCUT2D eigenvalue weighted by molar-refractivity contribution is 6.02. The zero-order valence-electron chi connectivity index (χ0n) is 11.6. The van der Waals surface area contributed by atoms with Crippen molar-refractivity contribution in [2.75, 3.05) is 10.6 Å². The number of nitrogens with one attached hydrogen (secondary N) is 2. The maximum atomic E-state index is 12.1. The molecule has 2 N–H and O–H groups in total. The van der Waals surface area contributed by atoms with E-state index >= 15 is 0 Å². The quantitative estimate of drug-likeness (QED) is 0.759. The van der Waals surface area contributed by atoms with Crippen molar-refractivity contribution in [2.45, 2.75) is 6.92 Å². The summed E-state index contributed by atoms with van der Waals surface area (Å²) in [5.74, 6) is -0.200. The number of hydrogen-bond donors (Lipinski definition) is 2. The normalized spacial score (nSPS) is 10.4. The fraction of sp³-hybridized carbons (Fsp3) is 0.0714. The van der Waals surface area contributed by atoms with Gasteiger partial charge < -0.3 is 10.6 Å². The van der Waals surface area contributed by atoms with Crippen LogP contribution in [0.2, 0.25) is 0 Å². The van der Waals surface area contributed by atoms with Crippen molar-refractivity contribution in [2.24, 2.45) is 0 Å². The molecule has 3 rings (SSSR count). The molecule has 0 bridgehead atoms. The Bertz CT molecular complexity index is 807. The Hall–Kier alpha value is -3.29. The van der Waals surface area contributed by atoms with E-state index in [0.717, 1.165) is 0 Å². The maximum Gasteiger partial charge on any atom is 0.295 e. The van der Waals surface area contributed by atoms with Crippen molar-refractivity contribution in [1.82, 2.24) is 19.6 Å². The minimum atomic E-state index is -0.433. The molecule has 0 unspecified atom stereocenters. The van der Waals surface area contributed by atoms with E-state index in [1.807, 2.05) is 0 Å². The molecule has 0 saturated heterocycles. The Labute approximate surface area is 125 Å². The van der Waals surface area contributed by atoms with Crippen LogP contribution in [0.5, 0.6) is 0 Å². The van der Waals surface area contributed by atoms with Crippen molar-refractivity contribution in [3.63, 3.8) is 0 Å². The summed E-state index contributed by atoms with van der Waals surface area (Å²) in [4.78, 5) is 31.1. The molecular weight excluding hydrogens is 284 g/mol. The average Bonchev–Trinajstić information content (AvgIpc) is 2.93. The van der Waals surface area contributed by atoms with Crippen LogP contribution in [0.4, 0.5) is 11.4 Å².